The van der Waals surface area contributed by atoms with E-state index in [1.54, 1.807) is 36.2 Å². The van der Waals surface area contributed by atoms with Gasteiger partial charge in [0.25, 0.3) is 0 Å². The Morgan fingerprint density at radius 3 is 2.69 bits per heavy atom. The van der Waals surface area contributed by atoms with Gasteiger partial charge in [0.2, 0.25) is 5.88 Å². The second kappa shape index (κ2) is 11.6. The number of ether oxygens (including phenoxy) is 1. The first-order valence-electron chi connectivity index (χ1n) is 11.6. The van der Waals surface area contributed by atoms with E-state index in [2.05, 4.69) is 11.5 Å². The van der Waals surface area contributed by atoms with Gasteiger partial charge in [-0.2, -0.15) is 5.10 Å². The van der Waals surface area contributed by atoms with Crippen LogP contribution in [-0.2, 0) is 20.1 Å². The molecule has 0 aliphatic heterocycles. The summed E-state index contributed by atoms with van der Waals surface area (Å²) < 4.78 is 27.3. The Morgan fingerprint density at radius 2 is 1.97 bits per heavy atom. The van der Waals surface area contributed by atoms with Crippen LogP contribution in [0.2, 0.25) is 0 Å². The Hall–Kier alpha value is -3.68. The summed E-state index contributed by atoms with van der Waals surface area (Å²) in [6, 6.07) is 19.7. The fourth-order valence-corrected chi connectivity index (χ4v) is 4.02. The maximum Gasteiger partial charge on any atom is 0.222 e. The van der Waals surface area contributed by atoms with Crippen molar-refractivity contribution in [2.45, 2.75) is 32.0 Å². The molecule has 35 heavy (non-hydrogen) atoms. The van der Waals surface area contributed by atoms with Crippen LogP contribution in [0.15, 0.2) is 90.1 Å². The predicted molar refractivity (Wildman–Crippen MR) is 133 cm³/mol. The van der Waals surface area contributed by atoms with E-state index in [9.17, 15) is 9.50 Å². The minimum Gasteiger partial charge on any atom is -0.468 e. The lowest BCUT2D eigenvalue weighted by Gasteiger charge is -2.24. The first kappa shape index (κ1) is 24.4. The number of allylic oxidation sites excluding steroid dienone is 1. The molecular weight excluding hydrogens is 445 g/mol. The minimum atomic E-state index is -0.535. The molecule has 6 nitrogen and oxygen atoms in total. The Bertz CT molecular complexity index is 1220. The topological polar surface area (TPSA) is 63.7 Å². The molecule has 7 heteroatoms. The van der Waals surface area contributed by atoms with Crippen LogP contribution in [-0.4, -0.2) is 32.4 Å². The van der Waals surface area contributed by atoms with Gasteiger partial charge in [-0.1, -0.05) is 42.5 Å². The normalized spacial score (nSPS) is 12.1. The number of aryl methyl sites for hydroxylation is 1. The van der Waals surface area contributed by atoms with Crippen molar-refractivity contribution < 1.29 is 18.7 Å². The average Bonchev–Trinajstić information content (AvgIpc) is 3.47. The van der Waals surface area contributed by atoms with E-state index in [0.717, 1.165) is 29.0 Å². The van der Waals surface area contributed by atoms with Gasteiger partial charge in [0.1, 0.15) is 23.0 Å². The molecule has 0 saturated carbocycles. The third-order valence-corrected chi connectivity index (χ3v) is 5.66. The zero-order valence-corrected chi connectivity index (χ0v) is 19.8. The lowest BCUT2D eigenvalue weighted by molar-refractivity contribution is 0.0941. The smallest absolute Gasteiger partial charge is 0.222 e. The summed E-state index contributed by atoms with van der Waals surface area (Å²) in [7, 11) is 1.81. The van der Waals surface area contributed by atoms with E-state index in [1.807, 2.05) is 42.5 Å². The number of aliphatic hydroxyl groups is 1. The molecule has 0 unspecified atom stereocenters. The zero-order chi connectivity index (χ0) is 24.6. The monoisotopic (exact) mass is 475 g/mol. The van der Waals surface area contributed by atoms with Crippen molar-refractivity contribution in [3.63, 3.8) is 0 Å². The SMILES string of the molecule is C=CCC[C@H](O)CN(Cc1ccco1)Cc1c(-c2ccccc2)nn(C)c1Oc1cccc(F)c1. The van der Waals surface area contributed by atoms with Crippen LogP contribution in [0.3, 0.4) is 0 Å². The Morgan fingerprint density at radius 1 is 1.14 bits per heavy atom. The van der Waals surface area contributed by atoms with Crippen LogP contribution in [0, 0.1) is 5.82 Å². The molecule has 0 radical (unpaired) electrons. The van der Waals surface area contributed by atoms with Crippen molar-refractivity contribution >= 4 is 0 Å². The first-order valence-corrected chi connectivity index (χ1v) is 11.6. The second-order valence-electron chi connectivity index (χ2n) is 8.45. The van der Waals surface area contributed by atoms with E-state index in [-0.39, 0.29) is 5.82 Å². The summed E-state index contributed by atoms with van der Waals surface area (Å²) in [6.07, 6.45) is 4.25. The van der Waals surface area contributed by atoms with Crippen LogP contribution in [0.5, 0.6) is 11.6 Å². The molecule has 0 spiro atoms. The summed E-state index contributed by atoms with van der Waals surface area (Å²) in [4.78, 5) is 2.11. The molecule has 182 valence electrons. The van der Waals surface area contributed by atoms with E-state index in [1.165, 1.54) is 12.1 Å². The molecule has 0 amide bonds. The number of benzene rings is 2. The summed E-state index contributed by atoms with van der Waals surface area (Å²) in [5.41, 5.74) is 2.55. The molecule has 0 saturated heterocycles. The lowest BCUT2D eigenvalue weighted by atomic mass is 10.1. The zero-order valence-electron chi connectivity index (χ0n) is 19.8. The van der Waals surface area contributed by atoms with Crippen molar-refractivity contribution in [1.29, 1.82) is 0 Å². The van der Waals surface area contributed by atoms with Crippen LogP contribution >= 0.6 is 0 Å². The Balaban J connectivity index is 1.71. The van der Waals surface area contributed by atoms with Crippen LogP contribution in [0.25, 0.3) is 11.3 Å². The van der Waals surface area contributed by atoms with E-state index in [4.69, 9.17) is 14.3 Å². The van der Waals surface area contributed by atoms with E-state index in [0.29, 0.717) is 37.7 Å². The van der Waals surface area contributed by atoms with Crippen molar-refractivity contribution in [3.8, 4) is 22.9 Å². The first-order chi connectivity index (χ1) is 17.0. The third-order valence-electron chi connectivity index (χ3n) is 5.66. The number of furan rings is 1. The Labute approximate surface area is 204 Å². The largest absolute Gasteiger partial charge is 0.468 e. The van der Waals surface area contributed by atoms with Gasteiger partial charge in [-0.05, 0) is 37.1 Å². The van der Waals surface area contributed by atoms with Gasteiger partial charge in [-0.15, -0.1) is 6.58 Å². The summed E-state index contributed by atoms with van der Waals surface area (Å²) in [6.45, 7) is 5.12. The molecular formula is C28H30FN3O3. The van der Waals surface area contributed by atoms with Gasteiger partial charge < -0.3 is 14.3 Å². The highest BCUT2D eigenvalue weighted by molar-refractivity contribution is 5.65. The number of halogens is 1. The molecule has 1 atom stereocenters. The Kier molecular flexibility index (Phi) is 8.13. The number of hydrogen-bond donors (Lipinski definition) is 1. The van der Waals surface area contributed by atoms with Crippen LogP contribution < -0.4 is 4.74 Å². The highest BCUT2D eigenvalue weighted by atomic mass is 19.1. The van der Waals surface area contributed by atoms with Gasteiger partial charge in [0.05, 0.1) is 24.5 Å². The van der Waals surface area contributed by atoms with Crippen LogP contribution in [0.1, 0.15) is 24.2 Å². The maximum absolute atomic E-state index is 13.9. The molecule has 0 bridgehead atoms. The maximum atomic E-state index is 13.9. The molecule has 0 aliphatic rings. The average molecular weight is 476 g/mol. The number of hydrogen-bond acceptors (Lipinski definition) is 5. The molecule has 2 aromatic carbocycles. The van der Waals surface area contributed by atoms with Crippen molar-refractivity contribution in [3.05, 3.63) is 103 Å². The van der Waals surface area contributed by atoms with Crippen molar-refractivity contribution in [1.82, 2.24) is 14.7 Å². The summed E-state index contributed by atoms with van der Waals surface area (Å²) in [5.74, 6) is 1.31. The fourth-order valence-electron chi connectivity index (χ4n) is 4.02. The molecule has 0 aliphatic carbocycles. The van der Waals surface area contributed by atoms with E-state index >= 15 is 0 Å². The van der Waals surface area contributed by atoms with Gasteiger partial charge in [-0.3, -0.25) is 4.90 Å². The highest BCUT2D eigenvalue weighted by Gasteiger charge is 2.24. The summed E-state index contributed by atoms with van der Waals surface area (Å²) in [5, 5.41) is 15.4. The quantitative estimate of drug-likeness (QED) is 0.257. The van der Waals surface area contributed by atoms with Gasteiger partial charge in [-0.25, -0.2) is 9.07 Å². The molecule has 4 rings (SSSR count). The van der Waals surface area contributed by atoms with Gasteiger partial charge in [0.15, 0.2) is 0 Å². The van der Waals surface area contributed by atoms with Crippen molar-refractivity contribution in [2.75, 3.05) is 6.54 Å². The fraction of sp³-hybridized carbons (Fsp3) is 0.250. The van der Waals surface area contributed by atoms with Gasteiger partial charge in [0, 0.05) is 31.8 Å². The number of aromatic nitrogens is 2. The molecule has 2 aromatic heterocycles. The number of nitrogens with zero attached hydrogens (tertiary/aromatic N) is 3. The second-order valence-corrected chi connectivity index (χ2v) is 8.45. The molecule has 1 N–H and O–H groups in total. The standard InChI is InChI=1S/C28H30FN3O3/c1-3-4-13-23(33)18-32(19-25-15-9-16-34-25)20-26-27(21-10-6-5-7-11-21)30-31(2)28(26)35-24-14-8-12-22(29)17-24/h3,5-12,14-17,23,33H,1,4,13,18-20H2,2H3/t23-/m0/s1. The minimum absolute atomic E-state index is 0.376. The third kappa shape index (κ3) is 6.47. The molecule has 4 aromatic rings. The highest BCUT2D eigenvalue weighted by Crippen LogP contribution is 2.34. The molecule has 2 heterocycles. The predicted octanol–water partition coefficient (Wildman–Crippen LogP) is 5.94. The summed E-state index contributed by atoms with van der Waals surface area (Å²) >= 11 is 0. The van der Waals surface area contributed by atoms with Crippen LogP contribution in [0.4, 0.5) is 4.39 Å². The number of aliphatic hydroxyl groups excluding tert-OH is 1. The lowest BCUT2D eigenvalue weighted by Crippen LogP contribution is -2.31. The van der Waals surface area contributed by atoms with Gasteiger partial charge >= 0.3 is 0 Å². The van der Waals surface area contributed by atoms with E-state index < -0.39 is 6.10 Å². The number of rotatable bonds is 12. The molecule has 0 fully saturated rings. The van der Waals surface area contributed by atoms with Crippen molar-refractivity contribution in [2.24, 2.45) is 7.05 Å².